The molecule has 0 fully saturated rings. The van der Waals surface area contributed by atoms with E-state index < -0.39 is 10.0 Å². The Balaban J connectivity index is 1.57. The average molecular weight is 409 g/mol. The van der Waals surface area contributed by atoms with Gasteiger partial charge in [-0.15, -0.1) is 11.3 Å². The van der Waals surface area contributed by atoms with Gasteiger partial charge in [0.1, 0.15) is 0 Å². The lowest BCUT2D eigenvalue weighted by atomic mass is 10.0. The fourth-order valence-electron chi connectivity index (χ4n) is 2.88. The number of rotatable bonds is 3. The number of carbonyl (C=O) groups excluding carboxylic acids is 1. The first-order valence-electron chi connectivity index (χ1n) is 8.61. The number of hydrogen-bond donors (Lipinski definition) is 2. The molecule has 0 saturated carbocycles. The highest BCUT2D eigenvalue weighted by atomic mass is 32.2. The highest BCUT2D eigenvalue weighted by Crippen LogP contribution is 2.26. The number of nitrogens with one attached hydrogen (secondary N) is 2. The van der Waals surface area contributed by atoms with Gasteiger partial charge in [-0.1, -0.05) is 24.0 Å². The van der Waals surface area contributed by atoms with Gasteiger partial charge in [-0.05, 0) is 59.8 Å². The first-order chi connectivity index (χ1) is 13.5. The van der Waals surface area contributed by atoms with Gasteiger partial charge < -0.3 is 5.32 Å². The monoisotopic (exact) mass is 408 g/mol. The average Bonchev–Trinajstić information content (AvgIpc) is 3.19. The Labute approximate surface area is 167 Å². The molecular formula is C21H16N2O3S2. The predicted octanol–water partition coefficient (Wildman–Crippen LogP) is 3.83. The van der Waals surface area contributed by atoms with Gasteiger partial charge in [0.25, 0.3) is 10.0 Å². The minimum atomic E-state index is -3.74. The second-order valence-electron chi connectivity index (χ2n) is 6.28. The summed E-state index contributed by atoms with van der Waals surface area (Å²) in [5, 5.41) is 4.71. The van der Waals surface area contributed by atoms with E-state index in [2.05, 4.69) is 21.9 Å². The van der Waals surface area contributed by atoms with E-state index in [4.69, 9.17) is 0 Å². The van der Waals surface area contributed by atoms with E-state index in [1.54, 1.807) is 41.7 Å². The number of amides is 1. The molecule has 1 aliphatic rings. The summed E-state index contributed by atoms with van der Waals surface area (Å²) < 4.78 is 28.2. The molecule has 0 atom stereocenters. The third-order valence-corrected chi connectivity index (χ3v) is 6.41. The van der Waals surface area contributed by atoms with Crippen molar-refractivity contribution in [3.63, 3.8) is 0 Å². The molecular weight excluding hydrogens is 392 g/mol. The summed E-state index contributed by atoms with van der Waals surface area (Å²) in [5.41, 5.74) is 2.66. The molecule has 0 saturated heterocycles. The van der Waals surface area contributed by atoms with Crippen molar-refractivity contribution in [2.75, 3.05) is 10.0 Å². The Morgan fingerprint density at radius 1 is 1.00 bits per heavy atom. The van der Waals surface area contributed by atoms with E-state index in [1.807, 2.05) is 23.6 Å². The van der Waals surface area contributed by atoms with Gasteiger partial charge in [0.15, 0.2) is 0 Å². The maximum atomic E-state index is 12.8. The zero-order valence-electron chi connectivity index (χ0n) is 14.7. The predicted molar refractivity (Wildman–Crippen MR) is 111 cm³/mol. The fraction of sp³-hybridized carbons (Fsp3) is 0.0952. The van der Waals surface area contributed by atoms with Crippen LogP contribution in [0.5, 0.6) is 0 Å². The van der Waals surface area contributed by atoms with Crippen LogP contribution in [0, 0.1) is 11.8 Å². The first kappa shape index (κ1) is 18.3. The molecule has 0 radical (unpaired) electrons. The molecule has 2 heterocycles. The maximum Gasteiger partial charge on any atom is 0.261 e. The fourth-order valence-corrected chi connectivity index (χ4v) is 4.56. The summed E-state index contributed by atoms with van der Waals surface area (Å²) in [6, 6.07) is 15.6. The number of benzene rings is 2. The van der Waals surface area contributed by atoms with Crippen molar-refractivity contribution in [2.24, 2.45) is 0 Å². The van der Waals surface area contributed by atoms with Crippen LogP contribution in [0.25, 0.3) is 0 Å². The quantitative estimate of drug-likeness (QED) is 0.647. The summed E-state index contributed by atoms with van der Waals surface area (Å²) in [6.07, 6.45) is 0.882. The van der Waals surface area contributed by atoms with Crippen LogP contribution in [0.1, 0.15) is 22.4 Å². The number of thiophene rings is 1. The Kier molecular flexibility index (Phi) is 4.90. The lowest BCUT2D eigenvalue weighted by molar-refractivity contribution is -0.116. The minimum absolute atomic E-state index is 0.0540. The van der Waals surface area contributed by atoms with Crippen molar-refractivity contribution >= 4 is 38.6 Å². The molecule has 1 amide bonds. The van der Waals surface area contributed by atoms with Crippen LogP contribution in [0.2, 0.25) is 0 Å². The second-order valence-corrected chi connectivity index (χ2v) is 8.91. The topological polar surface area (TPSA) is 75.3 Å². The normalized spacial score (nSPS) is 13.1. The SMILES string of the molecule is O=C1CCc2cc(S(=O)(=O)Nc3cccc(C#Cc4cccs4)c3)ccc2N1. The van der Waals surface area contributed by atoms with Crippen molar-refractivity contribution in [1.29, 1.82) is 0 Å². The van der Waals surface area contributed by atoms with Gasteiger partial charge in [-0.3, -0.25) is 9.52 Å². The van der Waals surface area contributed by atoms with Gasteiger partial charge >= 0.3 is 0 Å². The zero-order chi connectivity index (χ0) is 19.6. The standard InChI is InChI=1S/C21H16N2O3S2/c24-21-11-7-16-14-19(9-10-20(16)22-21)28(25,26)23-17-4-1-3-15(13-17)6-8-18-5-2-12-27-18/h1-5,9-10,12-14,23H,7,11H2,(H,22,24). The van der Waals surface area contributed by atoms with Gasteiger partial charge in [0.05, 0.1) is 15.5 Å². The van der Waals surface area contributed by atoms with Gasteiger partial charge in [-0.2, -0.15) is 0 Å². The van der Waals surface area contributed by atoms with Crippen molar-refractivity contribution in [1.82, 2.24) is 0 Å². The first-order valence-corrected chi connectivity index (χ1v) is 11.0. The highest BCUT2D eigenvalue weighted by Gasteiger charge is 2.20. The number of sulfonamides is 1. The maximum absolute atomic E-state index is 12.8. The molecule has 28 heavy (non-hydrogen) atoms. The van der Waals surface area contributed by atoms with E-state index in [1.165, 1.54) is 6.07 Å². The van der Waals surface area contributed by atoms with E-state index in [-0.39, 0.29) is 10.8 Å². The minimum Gasteiger partial charge on any atom is -0.326 e. The van der Waals surface area contributed by atoms with Crippen LogP contribution < -0.4 is 10.0 Å². The number of carbonyl (C=O) groups is 1. The number of aryl methyl sites for hydroxylation is 1. The Morgan fingerprint density at radius 2 is 1.89 bits per heavy atom. The molecule has 3 aromatic rings. The van der Waals surface area contributed by atoms with E-state index in [0.29, 0.717) is 24.2 Å². The van der Waals surface area contributed by atoms with Gasteiger partial charge in [0.2, 0.25) is 5.91 Å². The van der Waals surface area contributed by atoms with Crippen molar-refractivity contribution in [3.8, 4) is 11.8 Å². The summed E-state index contributed by atoms with van der Waals surface area (Å²) in [7, 11) is -3.74. The Bertz CT molecular complexity index is 1200. The third-order valence-electron chi connectivity index (χ3n) is 4.25. The highest BCUT2D eigenvalue weighted by molar-refractivity contribution is 7.92. The zero-order valence-corrected chi connectivity index (χ0v) is 16.4. The van der Waals surface area contributed by atoms with Crippen LogP contribution >= 0.6 is 11.3 Å². The third kappa shape index (κ3) is 4.09. The van der Waals surface area contributed by atoms with Crippen molar-refractivity contribution in [2.45, 2.75) is 17.7 Å². The summed E-state index contributed by atoms with van der Waals surface area (Å²) in [6.45, 7) is 0. The lowest BCUT2D eigenvalue weighted by Crippen LogP contribution is -2.20. The molecule has 2 aromatic carbocycles. The van der Waals surface area contributed by atoms with Crippen LogP contribution in [0.3, 0.4) is 0 Å². The number of anilines is 2. The molecule has 4 rings (SSSR count). The Morgan fingerprint density at radius 3 is 2.71 bits per heavy atom. The van der Waals surface area contributed by atoms with E-state index in [9.17, 15) is 13.2 Å². The summed E-state index contributed by atoms with van der Waals surface area (Å²) in [5.74, 6) is 6.05. The van der Waals surface area contributed by atoms with E-state index in [0.717, 1.165) is 16.0 Å². The summed E-state index contributed by atoms with van der Waals surface area (Å²) >= 11 is 1.55. The number of hydrogen-bond acceptors (Lipinski definition) is 4. The molecule has 0 aliphatic carbocycles. The Hall–Kier alpha value is -3.08. The molecule has 1 aliphatic heterocycles. The molecule has 2 N–H and O–H groups in total. The van der Waals surface area contributed by atoms with Crippen molar-refractivity contribution in [3.05, 3.63) is 76.0 Å². The molecule has 0 unspecified atom stereocenters. The molecule has 1 aromatic heterocycles. The van der Waals surface area contributed by atoms with Crippen LogP contribution in [-0.4, -0.2) is 14.3 Å². The smallest absolute Gasteiger partial charge is 0.261 e. The van der Waals surface area contributed by atoms with E-state index >= 15 is 0 Å². The van der Waals surface area contributed by atoms with Crippen molar-refractivity contribution < 1.29 is 13.2 Å². The number of fused-ring (bicyclic) bond motifs is 1. The van der Waals surface area contributed by atoms with Gasteiger partial charge in [0, 0.05) is 17.7 Å². The molecule has 0 bridgehead atoms. The van der Waals surface area contributed by atoms with Crippen LogP contribution in [-0.2, 0) is 21.2 Å². The van der Waals surface area contributed by atoms with Crippen LogP contribution in [0.4, 0.5) is 11.4 Å². The largest absolute Gasteiger partial charge is 0.326 e. The molecule has 0 spiro atoms. The van der Waals surface area contributed by atoms with Crippen LogP contribution in [0.15, 0.2) is 64.9 Å². The molecule has 7 heteroatoms. The summed E-state index contributed by atoms with van der Waals surface area (Å²) in [4.78, 5) is 12.6. The van der Waals surface area contributed by atoms with Gasteiger partial charge in [-0.25, -0.2) is 8.42 Å². The molecule has 5 nitrogen and oxygen atoms in total. The second kappa shape index (κ2) is 7.50. The lowest BCUT2D eigenvalue weighted by Gasteiger charge is -2.18. The molecule has 140 valence electrons.